The molecule has 1 fully saturated rings. The number of benzene rings is 1. The van der Waals surface area contributed by atoms with Crippen molar-refractivity contribution in [2.75, 3.05) is 18.0 Å². The Labute approximate surface area is 127 Å². The summed E-state index contributed by atoms with van der Waals surface area (Å²) in [6.45, 7) is 4.48. The highest BCUT2D eigenvalue weighted by Gasteiger charge is 2.20. The van der Waals surface area contributed by atoms with Gasteiger partial charge in [-0.05, 0) is 43.5 Å². The highest BCUT2D eigenvalue weighted by Crippen LogP contribution is 2.21. The van der Waals surface area contributed by atoms with Crippen LogP contribution < -0.4 is 10.2 Å². The molecular formula is C18H23N3. The number of nitrogens with zero attached hydrogens (tertiary/aromatic N) is 2. The minimum atomic E-state index is 0.368. The third kappa shape index (κ3) is 3.61. The first-order valence-electron chi connectivity index (χ1n) is 7.79. The summed E-state index contributed by atoms with van der Waals surface area (Å²) in [7, 11) is 0. The Balaban J connectivity index is 1.52. The van der Waals surface area contributed by atoms with E-state index in [0.717, 1.165) is 13.1 Å². The lowest BCUT2D eigenvalue weighted by molar-refractivity contribution is 0.380. The highest BCUT2D eigenvalue weighted by molar-refractivity contribution is 5.46. The van der Waals surface area contributed by atoms with E-state index in [-0.39, 0.29) is 0 Å². The predicted molar refractivity (Wildman–Crippen MR) is 87.5 cm³/mol. The lowest BCUT2D eigenvalue weighted by Gasteiger charge is -2.35. The zero-order valence-electron chi connectivity index (χ0n) is 12.6. The lowest BCUT2D eigenvalue weighted by Crippen LogP contribution is -2.43. The number of hydrogen-bond acceptors (Lipinski definition) is 3. The molecule has 1 aliphatic heterocycles. The van der Waals surface area contributed by atoms with Crippen LogP contribution in [0.2, 0.25) is 0 Å². The Morgan fingerprint density at radius 1 is 1.10 bits per heavy atom. The highest BCUT2D eigenvalue weighted by atomic mass is 15.1. The van der Waals surface area contributed by atoms with Gasteiger partial charge in [-0.25, -0.2) is 0 Å². The quantitative estimate of drug-likeness (QED) is 0.931. The maximum Gasteiger partial charge on any atom is 0.0366 e. The largest absolute Gasteiger partial charge is 0.371 e. The fourth-order valence-corrected chi connectivity index (χ4v) is 3.03. The first kappa shape index (κ1) is 14.1. The van der Waals surface area contributed by atoms with Gasteiger partial charge in [0.05, 0.1) is 0 Å². The van der Waals surface area contributed by atoms with Crippen LogP contribution in [0.25, 0.3) is 0 Å². The van der Waals surface area contributed by atoms with Crippen LogP contribution >= 0.6 is 0 Å². The molecule has 0 radical (unpaired) electrons. The normalized spacial score (nSPS) is 17.7. The van der Waals surface area contributed by atoms with Crippen molar-refractivity contribution in [3.63, 3.8) is 0 Å². The summed E-state index contributed by atoms with van der Waals surface area (Å²) in [5, 5.41) is 3.74. The molecule has 0 bridgehead atoms. The molecule has 2 heterocycles. The molecule has 3 nitrogen and oxygen atoms in total. The zero-order valence-corrected chi connectivity index (χ0v) is 12.6. The maximum atomic E-state index is 4.20. The van der Waals surface area contributed by atoms with Gasteiger partial charge in [-0.2, -0.15) is 0 Å². The molecule has 2 aromatic rings. The summed E-state index contributed by atoms with van der Waals surface area (Å²) in [5.41, 5.74) is 2.61. The van der Waals surface area contributed by atoms with Crippen LogP contribution in [-0.4, -0.2) is 24.1 Å². The Hall–Kier alpha value is -1.87. The van der Waals surface area contributed by atoms with Gasteiger partial charge in [0.1, 0.15) is 0 Å². The van der Waals surface area contributed by atoms with Crippen LogP contribution in [0.15, 0.2) is 54.9 Å². The Kier molecular flexibility index (Phi) is 4.51. The number of rotatable bonds is 4. The summed E-state index contributed by atoms with van der Waals surface area (Å²) in [4.78, 5) is 6.68. The van der Waals surface area contributed by atoms with E-state index in [1.807, 2.05) is 18.5 Å². The first-order chi connectivity index (χ1) is 10.3. The van der Waals surface area contributed by atoms with Crippen molar-refractivity contribution in [2.24, 2.45) is 0 Å². The van der Waals surface area contributed by atoms with E-state index in [1.165, 1.54) is 24.1 Å². The van der Waals surface area contributed by atoms with Crippen molar-refractivity contribution in [2.45, 2.75) is 31.8 Å². The van der Waals surface area contributed by atoms with E-state index in [9.17, 15) is 0 Å². The van der Waals surface area contributed by atoms with Gasteiger partial charge < -0.3 is 10.2 Å². The molecule has 1 aliphatic rings. The summed E-state index contributed by atoms with van der Waals surface area (Å²) < 4.78 is 0. The molecule has 3 rings (SSSR count). The van der Waals surface area contributed by atoms with Gasteiger partial charge in [-0.1, -0.05) is 24.3 Å². The van der Waals surface area contributed by atoms with Gasteiger partial charge in [-0.3, -0.25) is 4.98 Å². The van der Waals surface area contributed by atoms with Gasteiger partial charge in [-0.15, -0.1) is 0 Å². The molecular weight excluding hydrogens is 258 g/mol. The van der Waals surface area contributed by atoms with E-state index in [1.54, 1.807) is 0 Å². The Morgan fingerprint density at radius 2 is 1.86 bits per heavy atom. The monoisotopic (exact) mass is 281 g/mol. The number of para-hydroxylation sites is 1. The van der Waals surface area contributed by atoms with E-state index in [0.29, 0.717) is 12.1 Å². The van der Waals surface area contributed by atoms with Crippen molar-refractivity contribution in [1.82, 2.24) is 10.3 Å². The van der Waals surface area contributed by atoms with Gasteiger partial charge in [0.2, 0.25) is 0 Å². The summed E-state index contributed by atoms with van der Waals surface area (Å²) in [5.74, 6) is 0. The minimum Gasteiger partial charge on any atom is -0.371 e. The van der Waals surface area contributed by atoms with Crippen molar-refractivity contribution < 1.29 is 0 Å². The van der Waals surface area contributed by atoms with Crippen LogP contribution in [0.3, 0.4) is 0 Å². The van der Waals surface area contributed by atoms with E-state index in [4.69, 9.17) is 0 Å². The first-order valence-corrected chi connectivity index (χ1v) is 7.79. The SMILES string of the molecule is C[C@@H](NC1CCN(c2ccccc2)CC1)c1cccnc1. The topological polar surface area (TPSA) is 28.2 Å². The molecule has 1 aromatic carbocycles. The molecule has 1 aromatic heterocycles. The number of hydrogen-bond donors (Lipinski definition) is 1. The molecule has 1 N–H and O–H groups in total. The van der Waals surface area contributed by atoms with Gasteiger partial charge in [0, 0.05) is 43.3 Å². The average molecular weight is 281 g/mol. The van der Waals surface area contributed by atoms with Crippen LogP contribution in [0, 0.1) is 0 Å². The van der Waals surface area contributed by atoms with Crippen LogP contribution in [-0.2, 0) is 0 Å². The maximum absolute atomic E-state index is 4.20. The Morgan fingerprint density at radius 3 is 2.52 bits per heavy atom. The third-order valence-electron chi connectivity index (χ3n) is 4.29. The summed E-state index contributed by atoms with van der Waals surface area (Å²) >= 11 is 0. The fraction of sp³-hybridized carbons (Fsp3) is 0.389. The van der Waals surface area contributed by atoms with Crippen molar-refractivity contribution in [1.29, 1.82) is 0 Å². The molecule has 1 saturated heterocycles. The predicted octanol–water partition coefficient (Wildman–Crippen LogP) is 3.40. The molecule has 0 spiro atoms. The van der Waals surface area contributed by atoms with Crippen LogP contribution in [0.4, 0.5) is 5.69 Å². The molecule has 0 aliphatic carbocycles. The van der Waals surface area contributed by atoms with Crippen molar-refractivity contribution in [3.05, 3.63) is 60.4 Å². The molecule has 3 heteroatoms. The van der Waals surface area contributed by atoms with E-state index < -0.39 is 0 Å². The van der Waals surface area contributed by atoms with Crippen LogP contribution in [0.1, 0.15) is 31.4 Å². The van der Waals surface area contributed by atoms with E-state index >= 15 is 0 Å². The molecule has 21 heavy (non-hydrogen) atoms. The van der Waals surface area contributed by atoms with Gasteiger partial charge in [0.25, 0.3) is 0 Å². The summed E-state index contributed by atoms with van der Waals surface area (Å²) in [6, 6.07) is 15.8. The Bertz CT molecular complexity index is 533. The molecule has 110 valence electrons. The number of nitrogens with one attached hydrogen (secondary N) is 1. The fourth-order valence-electron chi connectivity index (χ4n) is 3.03. The number of aromatic nitrogens is 1. The van der Waals surface area contributed by atoms with Gasteiger partial charge >= 0.3 is 0 Å². The number of anilines is 1. The van der Waals surface area contributed by atoms with Crippen molar-refractivity contribution in [3.8, 4) is 0 Å². The molecule has 0 saturated carbocycles. The smallest absolute Gasteiger partial charge is 0.0366 e. The number of piperidine rings is 1. The third-order valence-corrected chi connectivity index (χ3v) is 4.29. The van der Waals surface area contributed by atoms with Crippen LogP contribution in [0.5, 0.6) is 0 Å². The molecule has 0 unspecified atom stereocenters. The molecule has 0 amide bonds. The van der Waals surface area contributed by atoms with E-state index in [2.05, 4.69) is 58.5 Å². The standard InChI is InChI=1S/C18H23N3/c1-15(16-6-5-11-19-14-16)20-17-9-12-21(13-10-17)18-7-3-2-4-8-18/h2-8,11,14-15,17,20H,9-10,12-13H2,1H3/t15-/m1/s1. The number of pyridine rings is 1. The second kappa shape index (κ2) is 6.72. The second-order valence-corrected chi connectivity index (χ2v) is 5.77. The van der Waals surface area contributed by atoms with Gasteiger partial charge in [0.15, 0.2) is 0 Å². The lowest BCUT2D eigenvalue weighted by atomic mass is 10.0. The van der Waals surface area contributed by atoms with Crippen molar-refractivity contribution >= 4 is 5.69 Å². The average Bonchev–Trinajstić information content (AvgIpc) is 2.57. The minimum absolute atomic E-state index is 0.368. The zero-order chi connectivity index (χ0) is 14.5. The summed E-state index contributed by atoms with van der Waals surface area (Å²) in [6.07, 6.45) is 6.17. The molecule has 1 atom stereocenters. The second-order valence-electron chi connectivity index (χ2n) is 5.77.